The second-order valence-electron chi connectivity index (χ2n) is 7.77. The molecule has 1 unspecified atom stereocenters. The molecule has 180 valence electrons. The Bertz CT molecular complexity index is 1470. The van der Waals surface area contributed by atoms with Gasteiger partial charge in [0.15, 0.2) is 4.34 Å². The van der Waals surface area contributed by atoms with Gasteiger partial charge in [0.25, 0.3) is 5.78 Å². The predicted octanol–water partition coefficient (Wildman–Crippen LogP) is 4.70. The molecule has 0 aliphatic carbocycles. The predicted molar refractivity (Wildman–Crippen MR) is 133 cm³/mol. The zero-order chi connectivity index (χ0) is 25.2. The number of thioether (sulfide) groups is 1. The molecule has 1 aliphatic heterocycles. The van der Waals surface area contributed by atoms with Gasteiger partial charge in [-0.1, -0.05) is 47.4 Å². The van der Waals surface area contributed by atoms with Crippen LogP contribution in [0.1, 0.15) is 22.7 Å². The highest BCUT2D eigenvalue weighted by Gasteiger charge is 2.48. The zero-order valence-corrected chi connectivity index (χ0v) is 20.0. The molecule has 1 aliphatic rings. The second-order valence-corrected chi connectivity index (χ2v) is 9.94. The largest absolute Gasteiger partial charge is 0.508 e. The Morgan fingerprint density at radius 1 is 1.06 bits per heavy atom. The first-order valence-electron chi connectivity index (χ1n) is 10.6. The van der Waals surface area contributed by atoms with E-state index in [1.54, 1.807) is 24.3 Å². The van der Waals surface area contributed by atoms with E-state index in [1.165, 1.54) is 65.5 Å². The Labute approximate surface area is 212 Å². The number of amides is 1. The molecule has 1 fully saturated rings. The molecule has 11 heteroatoms. The highest BCUT2D eigenvalue weighted by molar-refractivity contribution is 8.00. The number of nitrogens with zero attached hydrogens (tertiary/aromatic N) is 4. The van der Waals surface area contributed by atoms with E-state index in [1.807, 2.05) is 0 Å². The summed E-state index contributed by atoms with van der Waals surface area (Å²) in [6.07, 6.45) is 2.92. The molecule has 1 atom stereocenters. The summed E-state index contributed by atoms with van der Waals surface area (Å²) in [7, 11) is 0. The van der Waals surface area contributed by atoms with E-state index in [4.69, 9.17) is 0 Å². The van der Waals surface area contributed by atoms with Crippen molar-refractivity contribution in [2.24, 2.45) is 0 Å². The maximum Gasteiger partial charge on any atom is 0.301 e. The summed E-state index contributed by atoms with van der Waals surface area (Å²) in [6.45, 7) is 0. The first-order valence-corrected chi connectivity index (χ1v) is 12.4. The van der Waals surface area contributed by atoms with Gasteiger partial charge in [-0.15, -0.1) is 10.2 Å². The third-order valence-corrected chi connectivity index (χ3v) is 7.59. The molecular weight excluding hydrogens is 503 g/mol. The van der Waals surface area contributed by atoms with Crippen LogP contribution >= 0.6 is 23.1 Å². The van der Waals surface area contributed by atoms with E-state index in [9.17, 15) is 24.2 Å². The smallest absolute Gasteiger partial charge is 0.301 e. The van der Waals surface area contributed by atoms with Gasteiger partial charge in [0, 0.05) is 23.7 Å². The van der Waals surface area contributed by atoms with Crippen LogP contribution in [0, 0.1) is 5.82 Å². The molecular formula is C25H17FN4O4S2. The molecule has 0 saturated carbocycles. The number of hydrogen-bond acceptors (Lipinski definition) is 9. The minimum Gasteiger partial charge on any atom is -0.508 e. The lowest BCUT2D eigenvalue weighted by Gasteiger charge is -2.22. The SMILES string of the molecule is O=C1C(=O)N(c2nnc(SCc3ccc(F)cc3)s2)C(c2cccc(O)c2)/C1=C(\O)c1ccncc1. The van der Waals surface area contributed by atoms with Gasteiger partial charge in [0.05, 0.1) is 11.6 Å². The topological polar surface area (TPSA) is 117 Å². The molecule has 2 aromatic carbocycles. The van der Waals surface area contributed by atoms with Crippen LogP contribution in [0.4, 0.5) is 9.52 Å². The number of halogens is 1. The van der Waals surface area contributed by atoms with Crippen LogP contribution in [0.2, 0.25) is 0 Å². The minimum absolute atomic E-state index is 0.0604. The summed E-state index contributed by atoms with van der Waals surface area (Å²) < 4.78 is 13.7. The van der Waals surface area contributed by atoms with E-state index in [0.717, 1.165) is 16.9 Å². The van der Waals surface area contributed by atoms with E-state index in [-0.39, 0.29) is 28.0 Å². The fraction of sp³-hybridized carbons (Fsp3) is 0.0800. The fourth-order valence-corrected chi connectivity index (χ4v) is 5.61. The first kappa shape index (κ1) is 23.6. The van der Waals surface area contributed by atoms with Crippen LogP contribution in [0.5, 0.6) is 5.75 Å². The number of aliphatic hydroxyl groups is 1. The highest BCUT2D eigenvalue weighted by atomic mass is 32.2. The van der Waals surface area contributed by atoms with E-state index in [2.05, 4.69) is 15.2 Å². The monoisotopic (exact) mass is 520 g/mol. The number of carbonyl (C=O) groups excluding carboxylic acids is 2. The number of aliphatic hydroxyl groups excluding tert-OH is 1. The number of phenols is 1. The number of hydrogen-bond donors (Lipinski definition) is 2. The number of carbonyl (C=O) groups is 2. The van der Waals surface area contributed by atoms with Crippen molar-refractivity contribution in [1.29, 1.82) is 0 Å². The zero-order valence-electron chi connectivity index (χ0n) is 18.4. The van der Waals surface area contributed by atoms with Crippen molar-refractivity contribution >= 4 is 45.7 Å². The normalized spacial score (nSPS) is 17.0. The lowest BCUT2D eigenvalue weighted by atomic mass is 9.95. The number of benzene rings is 2. The molecule has 0 radical (unpaired) electrons. The van der Waals surface area contributed by atoms with Crippen LogP contribution in [-0.2, 0) is 15.3 Å². The van der Waals surface area contributed by atoms with Crippen LogP contribution in [-0.4, -0.2) is 37.1 Å². The molecule has 4 aromatic rings. The molecule has 2 N–H and O–H groups in total. The molecule has 0 spiro atoms. The number of anilines is 1. The van der Waals surface area contributed by atoms with Gasteiger partial charge in [-0.3, -0.25) is 19.5 Å². The Morgan fingerprint density at radius 3 is 2.53 bits per heavy atom. The molecule has 8 nitrogen and oxygen atoms in total. The Balaban J connectivity index is 1.53. The van der Waals surface area contributed by atoms with Crippen LogP contribution in [0.3, 0.4) is 0 Å². The maximum absolute atomic E-state index is 13.2. The van der Waals surface area contributed by atoms with Gasteiger partial charge < -0.3 is 10.2 Å². The summed E-state index contributed by atoms with van der Waals surface area (Å²) in [6, 6.07) is 14.2. The molecule has 36 heavy (non-hydrogen) atoms. The summed E-state index contributed by atoms with van der Waals surface area (Å²) in [5.41, 5.74) is 1.49. The van der Waals surface area contributed by atoms with Crippen molar-refractivity contribution in [3.8, 4) is 5.75 Å². The van der Waals surface area contributed by atoms with Gasteiger partial charge in [0.1, 0.15) is 17.3 Å². The van der Waals surface area contributed by atoms with Crippen molar-refractivity contribution in [3.05, 3.63) is 101 Å². The average Bonchev–Trinajstić information content (AvgIpc) is 3.46. The minimum atomic E-state index is -1.03. The van der Waals surface area contributed by atoms with Crippen molar-refractivity contribution < 1.29 is 24.2 Å². The average molecular weight is 521 g/mol. The third-order valence-electron chi connectivity index (χ3n) is 5.46. The van der Waals surface area contributed by atoms with Crippen molar-refractivity contribution in [1.82, 2.24) is 15.2 Å². The maximum atomic E-state index is 13.2. The number of phenolic OH excluding ortho intramolecular Hbond substituents is 1. The lowest BCUT2D eigenvalue weighted by molar-refractivity contribution is -0.132. The van der Waals surface area contributed by atoms with Crippen LogP contribution in [0.15, 0.2) is 83.0 Å². The first-order chi connectivity index (χ1) is 17.4. The van der Waals surface area contributed by atoms with Crippen LogP contribution in [0.25, 0.3) is 5.76 Å². The summed E-state index contributed by atoms with van der Waals surface area (Å²) >= 11 is 2.47. The second kappa shape index (κ2) is 9.88. The number of rotatable bonds is 6. The number of aromatic nitrogens is 3. The van der Waals surface area contributed by atoms with Crippen LogP contribution < -0.4 is 4.90 Å². The van der Waals surface area contributed by atoms with E-state index < -0.39 is 17.7 Å². The molecule has 0 bridgehead atoms. The Hall–Kier alpha value is -4.09. The van der Waals surface area contributed by atoms with E-state index >= 15 is 0 Å². The number of pyridine rings is 1. The molecule has 2 aromatic heterocycles. The lowest BCUT2D eigenvalue weighted by Crippen LogP contribution is -2.29. The molecule has 1 saturated heterocycles. The van der Waals surface area contributed by atoms with Gasteiger partial charge in [-0.05, 0) is 47.5 Å². The molecule has 5 rings (SSSR count). The highest BCUT2D eigenvalue weighted by Crippen LogP contribution is 2.44. The van der Waals surface area contributed by atoms with Gasteiger partial charge in [0.2, 0.25) is 5.13 Å². The number of ketones is 1. The summed E-state index contributed by atoms with van der Waals surface area (Å²) in [5, 5.41) is 29.6. The van der Waals surface area contributed by atoms with Gasteiger partial charge in [-0.25, -0.2) is 4.39 Å². The summed E-state index contributed by atoms with van der Waals surface area (Å²) in [4.78, 5) is 31.4. The Morgan fingerprint density at radius 2 is 1.81 bits per heavy atom. The van der Waals surface area contributed by atoms with E-state index in [0.29, 0.717) is 21.2 Å². The fourth-order valence-electron chi connectivity index (χ4n) is 3.79. The van der Waals surface area contributed by atoms with Gasteiger partial charge in [-0.2, -0.15) is 0 Å². The van der Waals surface area contributed by atoms with Crippen molar-refractivity contribution in [2.75, 3.05) is 4.90 Å². The quantitative estimate of drug-likeness (QED) is 0.124. The standard InChI is InChI=1S/C25H17FN4O4S2/c26-17-6-4-14(5-7-17)13-35-25-29-28-24(36-25)30-20(16-2-1-3-18(31)12-16)19(22(33)23(30)34)21(32)15-8-10-27-11-9-15/h1-12,20,31-32H,13H2/b21-19+. The number of Topliss-reactive ketones (excluding diaryl/α,β-unsaturated/α-hetero) is 1. The number of aromatic hydroxyl groups is 1. The van der Waals surface area contributed by atoms with Crippen molar-refractivity contribution in [2.45, 2.75) is 16.1 Å². The summed E-state index contributed by atoms with van der Waals surface area (Å²) in [5.74, 6) is -1.99. The molecule has 3 heterocycles. The Kier molecular flexibility index (Phi) is 6.49. The van der Waals surface area contributed by atoms with Gasteiger partial charge >= 0.3 is 5.91 Å². The van der Waals surface area contributed by atoms with Crippen molar-refractivity contribution in [3.63, 3.8) is 0 Å². The molecule has 1 amide bonds. The third kappa shape index (κ3) is 4.58.